The summed E-state index contributed by atoms with van der Waals surface area (Å²) >= 11 is 0. The van der Waals surface area contributed by atoms with Crippen LogP contribution in [0.5, 0.6) is 0 Å². The van der Waals surface area contributed by atoms with Crippen LogP contribution in [0.25, 0.3) is 11.2 Å². The van der Waals surface area contributed by atoms with Crippen molar-refractivity contribution >= 4 is 21.2 Å². The van der Waals surface area contributed by atoms with E-state index in [9.17, 15) is 12.8 Å². The van der Waals surface area contributed by atoms with Crippen LogP contribution in [-0.4, -0.2) is 47.5 Å². The number of rotatable bonds is 5. The van der Waals surface area contributed by atoms with Crippen molar-refractivity contribution in [1.82, 2.24) is 18.8 Å². The van der Waals surface area contributed by atoms with Gasteiger partial charge in [-0.05, 0) is 37.1 Å². The number of halogens is 1. The van der Waals surface area contributed by atoms with Gasteiger partial charge in [-0.15, -0.1) is 0 Å². The number of fused-ring (bicyclic) bond motifs is 1. The van der Waals surface area contributed by atoms with Crippen LogP contribution in [0.1, 0.15) is 24.7 Å². The zero-order valence-corrected chi connectivity index (χ0v) is 16.3. The van der Waals surface area contributed by atoms with E-state index in [0.29, 0.717) is 32.5 Å². The van der Waals surface area contributed by atoms with Crippen molar-refractivity contribution in [1.29, 1.82) is 0 Å². The van der Waals surface area contributed by atoms with E-state index in [0.717, 1.165) is 17.0 Å². The van der Waals surface area contributed by atoms with Gasteiger partial charge in [-0.3, -0.25) is 0 Å². The van der Waals surface area contributed by atoms with Crippen LogP contribution >= 0.6 is 0 Å². The minimum absolute atomic E-state index is 0.0529. The second kappa shape index (κ2) is 7.57. The minimum atomic E-state index is -3.85. The molecule has 1 fully saturated rings. The molecule has 9 heteroatoms. The Kier molecular flexibility index (Phi) is 5.13. The Hall–Kier alpha value is -2.36. The summed E-state index contributed by atoms with van der Waals surface area (Å²) in [5.41, 5.74) is 1.56. The molecule has 1 aliphatic heterocycles. The molecule has 0 N–H and O–H groups in total. The van der Waals surface area contributed by atoms with Gasteiger partial charge in [0.05, 0.1) is 0 Å². The van der Waals surface area contributed by atoms with Crippen LogP contribution in [0.3, 0.4) is 0 Å². The van der Waals surface area contributed by atoms with E-state index in [4.69, 9.17) is 4.74 Å². The average Bonchev–Trinajstić information content (AvgIpc) is 3.06. The number of nitrogens with zero attached hydrogens (tertiary/aromatic N) is 4. The van der Waals surface area contributed by atoms with Gasteiger partial charge in [-0.2, -0.15) is 4.31 Å². The molecule has 1 aliphatic rings. The molecule has 0 spiro atoms. The van der Waals surface area contributed by atoms with Crippen LogP contribution in [-0.2, 0) is 21.4 Å². The first-order valence-electron chi connectivity index (χ1n) is 9.08. The van der Waals surface area contributed by atoms with E-state index in [1.54, 1.807) is 13.3 Å². The van der Waals surface area contributed by atoms with Gasteiger partial charge in [-0.25, -0.2) is 22.8 Å². The Morgan fingerprint density at radius 3 is 2.64 bits per heavy atom. The second-order valence-electron chi connectivity index (χ2n) is 6.74. The van der Waals surface area contributed by atoms with E-state index in [1.165, 1.54) is 28.6 Å². The summed E-state index contributed by atoms with van der Waals surface area (Å²) in [4.78, 5) is 8.77. The van der Waals surface area contributed by atoms with Crippen molar-refractivity contribution in [2.75, 3.05) is 20.2 Å². The highest BCUT2D eigenvalue weighted by atomic mass is 32.2. The molecule has 4 rings (SSSR count). The Morgan fingerprint density at radius 2 is 1.93 bits per heavy atom. The van der Waals surface area contributed by atoms with Crippen molar-refractivity contribution in [3.63, 3.8) is 0 Å². The first kappa shape index (κ1) is 19.0. The van der Waals surface area contributed by atoms with Crippen LogP contribution in [0.2, 0.25) is 0 Å². The third-order valence-electron chi connectivity index (χ3n) is 5.04. The molecular weight excluding hydrogens is 383 g/mol. The largest absolute Gasteiger partial charge is 0.377 e. The second-order valence-corrected chi connectivity index (χ2v) is 8.65. The zero-order chi connectivity index (χ0) is 19.7. The Labute approximate surface area is 162 Å². The van der Waals surface area contributed by atoms with Crippen LogP contribution in [0.15, 0.2) is 47.5 Å². The minimum Gasteiger partial charge on any atom is -0.377 e. The molecule has 28 heavy (non-hydrogen) atoms. The lowest BCUT2D eigenvalue weighted by atomic mass is 10.1. The Morgan fingerprint density at radius 1 is 1.18 bits per heavy atom. The molecule has 0 atom stereocenters. The average molecular weight is 404 g/mol. The van der Waals surface area contributed by atoms with E-state index in [-0.39, 0.29) is 10.9 Å². The van der Waals surface area contributed by atoms with Gasteiger partial charge in [-0.1, -0.05) is 12.1 Å². The highest BCUT2D eigenvalue weighted by molar-refractivity contribution is 7.89. The Balaban J connectivity index is 1.59. The molecule has 0 aliphatic carbocycles. The molecule has 0 radical (unpaired) electrons. The first-order chi connectivity index (χ1) is 13.5. The normalized spacial score (nSPS) is 16.6. The van der Waals surface area contributed by atoms with Gasteiger partial charge < -0.3 is 9.30 Å². The van der Waals surface area contributed by atoms with Crippen LogP contribution in [0.4, 0.5) is 4.39 Å². The molecule has 2 aromatic heterocycles. The maximum Gasteiger partial charge on any atom is 0.245 e. The maximum atomic E-state index is 14.0. The first-order valence-corrected chi connectivity index (χ1v) is 10.5. The Bertz CT molecular complexity index is 1090. The molecule has 3 aromatic rings. The SMILES string of the molecule is COCc1nc2cccnc2n1C1CCN(S(=O)(=O)c2ccccc2F)CC1. The molecule has 1 aromatic carbocycles. The van der Waals surface area contributed by atoms with E-state index in [1.807, 2.05) is 16.7 Å². The van der Waals surface area contributed by atoms with Gasteiger partial charge in [0.25, 0.3) is 0 Å². The standard InChI is InChI=1S/C19H21FN4O3S/c1-27-13-18-22-16-6-4-10-21-19(16)24(18)14-8-11-23(12-9-14)28(25,26)17-7-3-2-5-15(17)20/h2-7,10,14H,8-9,11-13H2,1H3. The van der Waals surface area contributed by atoms with Crippen LogP contribution in [0, 0.1) is 5.82 Å². The van der Waals surface area contributed by atoms with Crippen molar-refractivity contribution < 1.29 is 17.5 Å². The number of imidazole rings is 1. The lowest BCUT2D eigenvalue weighted by Gasteiger charge is -2.32. The maximum absolute atomic E-state index is 14.0. The van der Waals surface area contributed by atoms with Crippen molar-refractivity contribution in [2.45, 2.75) is 30.4 Å². The van der Waals surface area contributed by atoms with Gasteiger partial charge in [0, 0.05) is 32.4 Å². The van der Waals surface area contributed by atoms with Gasteiger partial charge >= 0.3 is 0 Å². The number of hydrogen-bond acceptors (Lipinski definition) is 5. The number of aromatic nitrogens is 3. The predicted molar refractivity (Wildman–Crippen MR) is 102 cm³/mol. The molecular formula is C19H21FN4O3S. The third kappa shape index (κ3) is 3.30. The highest BCUT2D eigenvalue weighted by Crippen LogP contribution is 2.31. The van der Waals surface area contributed by atoms with Gasteiger partial charge in [0.15, 0.2) is 5.65 Å². The molecule has 1 saturated heterocycles. The summed E-state index contributed by atoms with van der Waals surface area (Å²) in [5.74, 6) is 0.0448. The fourth-order valence-electron chi connectivity index (χ4n) is 3.72. The van der Waals surface area contributed by atoms with E-state index >= 15 is 0 Å². The molecule has 0 bridgehead atoms. The number of ether oxygens (including phenoxy) is 1. The molecule has 0 amide bonds. The van der Waals surface area contributed by atoms with Gasteiger partial charge in [0.2, 0.25) is 10.0 Å². The number of benzene rings is 1. The molecule has 7 nitrogen and oxygen atoms in total. The lowest BCUT2D eigenvalue weighted by molar-refractivity contribution is 0.168. The molecule has 3 heterocycles. The monoisotopic (exact) mass is 404 g/mol. The van der Waals surface area contributed by atoms with Gasteiger partial charge in [0.1, 0.15) is 28.7 Å². The number of pyridine rings is 1. The summed E-state index contributed by atoms with van der Waals surface area (Å²) < 4.78 is 48.3. The predicted octanol–water partition coefficient (Wildman–Crippen LogP) is 2.74. The smallest absolute Gasteiger partial charge is 0.245 e. The third-order valence-corrected chi connectivity index (χ3v) is 6.97. The fraction of sp³-hybridized carbons (Fsp3) is 0.368. The van der Waals surface area contributed by atoms with Crippen molar-refractivity contribution in [3.8, 4) is 0 Å². The number of hydrogen-bond donors (Lipinski definition) is 0. The van der Waals surface area contributed by atoms with E-state index < -0.39 is 15.8 Å². The quantitative estimate of drug-likeness (QED) is 0.654. The number of piperidine rings is 1. The highest BCUT2D eigenvalue weighted by Gasteiger charge is 2.33. The topological polar surface area (TPSA) is 77.3 Å². The molecule has 0 saturated carbocycles. The summed E-state index contributed by atoms with van der Waals surface area (Å²) in [5, 5.41) is 0. The van der Waals surface area contributed by atoms with Crippen molar-refractivity contribution in [2.24, 2.45) is 0 Å². The van der Waals surface area contributed by atoms with Crippen LogP contribution < -0.4 is 0 Å². The lowest BCUT2D eigenvalue weighted by Crippen LogP contribution is -2.39. The summed E-state index contributed by atoms with van der Waals surface area (Å²) in [7, 11) is -2.24. The summed E-state index contributed by atoms with van der Waals surface area (Å²) in [6.07, 6.45) is 2.90. The zero-order valence-electron chi connectivity index (χ0n) is 15.5. The number of sulfonamides is 1. The number of methoxy groups -OCH3 is 1. The molecule has 0 unspecified atom stereocenters. The summed E-state index contributed by atoms with van der Waals surface area (Å²) in [6, 6.07) is 9.27. The van der Waals surface area contributed by atoms with Crippen molar-refractivity contribution in [3.05, 3.63) is 54.2 Å². The molecule has 148 valence electrons. The van der Waals surface area contributed by atoms with E-state index in [2.05, 4.69) is 9.97 Å². The summed E-state index contributed by atoms with van der Waals surface area (Å²) in [6.45, 7) is 0.963. The fourth-order valence-corrected chi connectivity index (χ4v) is 5.26.